The van der Waals surface area contributed by atoms with Gasteiger partial charge in [-0.25, -0.2) is 0 Å². The van der Waals surface area contributed by atoms with Crippen LogP contribution in [-0.4, -0.2) is 12.1 Å². The topological polar surface area (TPSA) is 21.3 Å². The number of hydrogen-bond donors (Lipinski definition) is 1. The second-order valence-corrected chi connectivity index (χ2v) is 5.56. The van der Waals surface area contributed by atoms with Crippen molar-refractivity contribution in [3.63, 3.8) is 0 Å². The molecule has 0 aliphatic heterocycles. The van der Waals surface area contributed by atoms with Crippen LogP contribution in [0.3, 0.4) is 0 Å². The lowest BCUT2D eigenvalue weighted by Crippen LogP contribution is -2.32. The Morgan fingerprint density at radius 2 is 1.79 bits per heavy atom. The minimum absolute atomic E-state index is 0.228. The van der Waals surface area contributed by atoms with Gasteiger partial charge in [0, 0.05) is 12.6 Å². The van der Waals surface area contributed by atoms with Crippen molar-refractivity contribution in [3.05, 3.63) is 29.8 Å². The molecule has 0 heterocycles. The van der Waals surface area contributed by atoms with Crippen LogP contribution in [0.15, 0.2) is 24.3 Å². The van der Waals surface area contributed by atoms with E-state index in [1.807, 2.05) is 6.07 Å². The van der Waals surface area contributed by atoms with Crippen LogP contribution < -0.4 is 10.1 Å². The minimum Gasteiger partial charge on any atom is -0.491 e. The van der Waals surface area contributed by atoms with Crippen molar-refractivity contribution in [3.8, 4) is 5.75 Å². The van der Waals surface area contributed by atoms with Crippen LogP contribution in [0.4, 0.5) is 0 Å². The number of benzene rings is 1. The molecule has 0 aliphatic carbocycles. The summed E-state index contributed by atoms with van der Waals surface area (Å²) in [7, 11) is 0. The molecule has 1 unspecified atom stereocenters. The van der Waals surface area contributed by atoms with Crippen LogP contribution in [0.2, 0.25) is 0 Å². The number of hydrogen-bond acceptors (Lipinski definition) is 2. The quantitative estimate of drug-likeness (QED) is 0.751. The average molecular weight is 263 g/mol. The molecule has 1 rings (SSSR count). The van der Waals surface area contributed by atoms with E-state index in [2.05, 4.69) is 58.1 Å². The van der Waals surface area contributed by atoms with Gasteiger partial charge in [0.05, 0.1) is 6.10 Å². The van der Waals surface area contributed by atoms with Gasteiger partial charge in [-0.1, -0.05) is 38.8 Å². The van der Waals surface area contributed by atoms with Crippen molar-refractivity contribution in [2.24, 2.45) is 5.92 Å². The first-order valence-corrected chi connectivity index (χ1v) is 7.55. The molecule has 1 N–H and O–H groups in total. The Morgan fingerprint density at radius 3 is 2.37 bits per heavy atom. The van der Waals surface area contributed by atoms with Crippen LogP contribution in [0.25, 0.3) is 0 Å². The highest BCUT2D eigenvalue weighted by Gasteiger charge is 2.12. The van der Waals surface area contributed by atoms with E-state index in [1.54, 1.807) is 0 Å². The minimum atomic E-state index is 0.228. The zero-order chi connectivity index (χ0) is 14.3. The predicted octanol–water partition coefficient (Wildman–Crippen LogP) is 4.39. The Bertz CT molecular complexity index is 358. The average Bonchev–Trinajstić information content (AvgIpc) is 2.37. The van der Waals surface area contributed by atoms with Crippen molar-refractivity contribution in [1.29, 1.82) is 0 Å². The van der Waals surface area contributed by atoms with Crippen molar-refractivity contribution in [2.45, 2.75) is 66.2 Å². The Kier molecular flexibility index (Phi) is 6.93. The summed E-state index contributed by atoms with van der Waals surface area (Å²) in [5, 5.41) is 3.63. The standard InChI is InChI=1S/C17H29NO/c1-6-16(7-2)14(5)18-12-15-9-8-10-17(11-15)19-13(3)4/h8-11,13-14,16,18H,6-7,12H2,1-5H3. The monoisotopic (exact) mass is 263 g/mol. The first-order chi connectivity index (χ1) is 9.06. The van der Waals surface area contributed by atoms with Gasteiger partial charge in [0.25, 0.3) is 0 Å². The van der Waals surface area contributed by atoms with E-state index in [1.165, 1.54) is 18.4 Å². The van der Waals surface area contributed by atoms with Crippen molar-refractivity contribution < 1.29 is 4.74 Å². The summed E-state index contributed by atoms with van der Waals surface area (Å²) >= 11 is 0. The highest BCUT2D eigenvalue weighted by Crippen LogP contribution is 2.16. The molecular formula is C17H29NO. The second-order valence-electron chi connectivity index (χ2n) is 5.56. The van der Waals surface area contributed by atoms with Gasteiger partial charge < -0.3 is 10.1 Å². The molecule has 0 saturated heterocycles. The molecule has 19 heavy (non-hydrogen) atoms. The molecule has 0 radical (unpaired) electrons. The number of ether oxygens (including phenoxy) is 1. The van der Waals surface area contributed by atoms with Gasteiger partial charge in [0.2, 0.25) is 0 Å². The maximum Gasteiger partial charge on any atom is 0.120 e. The lowest BCUT2D eigenvalue weighted by atomic mass is 9.95. The molecule has 0 bridgehead atoms. The van der Waals surface area contributed by atoms with Gasteiger partial charge in [0.1, 0.15) is 5.75 Å². The number of rotatable bonds is 8. The zero-order valence-electron chi connectivity index (χ0n) is 13.1. The zero-order valence-corrected chi connectivity index (χ0v) is 13.1. The fraction of sp³-hybridized carbons (Fsp3) is 0.647. The fourth-order valence-electron chi connectivity index (χ4n) is 2.44. The molecular weight excluding hydrogens is 234 g/mol. The van der Waals surface area contributed by atoms with Crippen LogP contribution >= 0.6 is 0 Å². The van der Waals surface area contributed by atoms with Gasteiger partial charge in [0.15, 0.2) is 0 Å². The third-order valence-electron chi connectivity index (χ3n) is 3.65. The lowest BCUT2D eigenvalue weighted by Gasteiger charge is -2.22. The molecule has 0 spiro atoms. The summed E-state index contributed by atoms with van der Waals surface area (Å²) in [4.78, 5) is 0. The molecule has 1 atom stereocenters. The highest BCUT2D eigenvalue weighted by molar-refractivity contribution is 5.28. The van der Waals surface area contributed by atoms with Gasteiger partial charge in [-0.2, -0.15) is 0 Å². The van der Waals surface area contributed by atoms with E-state index in [0.717, 1.165) is 18.2 Å². The summed E-state index contributed by atoms with van der Waals surface area (Å²) in [6.07, 6.45) is 2.70. The Labute approximate surface area is 118 Å². The van der Waals surface area contributed by atoms with Crippen LogP contribution in [-0.2, 0) is 6.54 Å². The Balaban J connectivity index is 2.53. The van der Waals surface area contributed by atoms with Gasteiger partial charge in [-0.15, -0.1) is 0 Å². The summed E-state index contributed by atoms with van der Waals surface area (Å²) in [6.45, 7) is 11.8. The first kappa shape index (κ1) is 16.0. The second kappa shape index (κ2) is 8.21. The molecule has 0 aliphatic rings. The predicted molar refractivity (Wildman–Crippen MR) is 82.6 cm³/mol. The van der Waals surface area contributed by atoms with E-state index in [0.29, 0.717) is 6.04 Å². The Hall–Kier alpha value is -1.02. The molecule has 0 aromatic heterocycles. The largest absolute Gasteiger partial charge is 0.491 e. The molecule has 0 amide bonds. The first-order valence-electron chi connectivity index (χ1n) is 7.55. The Morgan fingerprint density at radius 1 is 1.11 bits per heavy atom. The molecule has 0 saturated carbocycles. The maximum atomic E-state index is 5.72. The van der Waals surface area contributed by atoms with Gasteiger partial charge in [-0.3, -0.25) is 0 Å². The summed E-state index contributed by atoms with van der Waals surface area (Å²) in [5.41, 5.74) is 1.29. The lowest BCUT2D eigenvalue weighted by molar-refractivity contribution is 0.242. The molecule has 1 aromatic carbocycles. The molecule has 1 aromatic rings. The van der Waals surface area contributed by atoms with Crippen molar-refractivity contribution in [1.82, 2.24) is 5.32 Å². The SMILES string of the molecule is CCC(CC)C(C)NCc1cccc(OC(C)C)c1. The van der Waals surface area contributed by atoms with E-state index in [9.17, 15) is 0 Å². The molecule has 108 valence electrons. The fourth-order valence-corrected chi connectivity index (χ4v) is 2.44. The third-order valence-corrected chi connectivity index (χ3v) is 3.65. The normalized spacial score (nSPS) is 13.0. The smallest absolute Gasteiger partial charge is 0.120 e. The third kappa shape index (κ3) is 5.65. The van der Waals surface area contributed by atoms with Crippen LogP contribution in [0.1, 0.15) is 53.0 Å². The molecule has 2 nitrogen and oxygen atoms in total. The van der Waals surface area contributed by atoms with Crippen molar-refractivity contribution >= 4 is 0 Å². The van der Waals surface area contributed by atoms with E-state index >= 15 is 0 Å². The van der Waals surface area contributed by atoms with Gasteiger partial charge >= 0.3 is 0 Å². The summed E-state index contributed by atoms with van der Waals surface area (Å²) in [5.74, 6) is 1.72. The summed E-state index contributed by atoms with van der Waals surface area (Å²) < 4.78 is 5.72. The van der Waals surface area contributed by atoms with Crippen LogP contribution in [0.5, 0.6) is 5.75 Å². The molecule has 0 fully saturated rings. The van der Waals surface area contributed by atoms with Crippen molar-refractivity contribution in [2.75, 3.05) is 0 Å². The van der Waals surface area contributed by atoms with E-state index < -0.39 is 0 Å². The number of nitrogens with one attached hydrogen (secondary N) is 1. The van der Waals surface area contributed by atoms with E-state index in [-0.39, 0.29) is 6.10 Å². The maximum absolute atomic E-state index is 5.72. The summed E-state index contributed by atoms with van der Waals surface area (Å²) in [6, 6.07) is 8.93. The molecule has 2 heteroatoms. The highest BCUT2D eigenvalue weighted by atomic mass is 16.5. The van der Waals surface area contributed by atoms with E-state index in [4.69, 9.17) is 4.74 Å². The van der Waals surface area contributed by atoms with Crippen LogP contribution in [0, 0.1) is 5.92 Å². The van der Waals surface area contributed by atoms with Gasteiger partial charge in [-0.05, 0) is 44.4 Å².